The second kappa shape index (κ2) is 3.83. The summed E-state index contributed by atoms with van der Waals surface area (Å²) in [5.41, 5.74) is 2.16. The van der Waals surface area contributed by atoms with E-state index in [-0.39, 0.29) is 0 Å². The van der Waals surface area contributed by atoms with Crippen molar-refractivity contribution in [1.82, 2.24) is 15.1 Å². The van der Waals surface area contributed by atoms with Gasteiger partial charge in [0.05, 0.1) is 5.52 Å². The Morgan fingerprint density at radius 2 is 2.20 bits per heavy atom. The number of hydrogen-bond donors (Lipinski definition) is 1. The number of rotatable bonds is 2. The summed E-state index contributed by atoms with van der Waals surface area (Å²) in [7, 11) is 3.79. The Morgan fingerprint density at radius 1 is 1.47 bits per heavy atom. The molecule has 1 unspecified atom stereocenters. The average Bonchev–Trinajstić information content (AvgIpc) is 2.54. The van der Waals surface area contributed by atoms with Gasteiger partial charge < -0.3 is 5.32 Å². The summed E-state index contributed by atoms with van der Waals surface area (Å²) in [5.74, 6) is 0. The van der Waals surface area contributed by atoms with E-state index >= 15 is 0 Å². The summed E-state index contributed by atoms with van der Waals surface area (Å²) in [4.78, 5) is 0. The van der Waals surface area contributed by atoms with Gasteiger partial charge in [-0.15, -0.1) is 0 Å². The second-order valence-corrected chi connectivity index (χ2v) is 4.06. The Hall–Kier alpha value is -1.06. The highest BCUT2D eigenvalue weighted by atomic mass is 35.5. The minimum atomic E-state index is 0.325. The first-order valence-electron chi connectivity index (χ1n) is 4.93. The predicted molar refractivity (Wildman–Crippen MR) is 63.2 cm³/mol. The molecule has 15 heavy (non-hydrogen) atoms. The molecule has 3 nitrogen and oxygen atoms in total. The van der Waals surface area contributed by atoms with Crippen LogP contribution < -0.4 is 5.32 Å². The Labute approximate surface area is 94.0 Å². The quantitative estimate of drug-likeness (QED) is 0.848. The molecule has 0 saturated heterocycles. The lowest BCUT2D eigenvalue weighted by Gasteiger charge is -2.09. The van der Waals surface area contributed by atoms with Crippen LogP contribution in [0.3, 0.4) is 0 Å². The van der Waals surface area contributed by atoms with Crippen LogP contribution in [-0.2, 0) is 7.05 Å². The third-order valence-electron chi connectivity index (χ3n) is 2.72. The molecule has 1 aromatic carbocycles. The molecular weight excluding hydrogens is 210 g/mol. The molecule has 0 aliphatic carbocycles. The van der Waals surface area contributed by atoms with Crippen molar-refractivity contribution < 1.29 is 0 Å². The van der Waals surface area contributed by atoms with Crippen LogP contribution in [0, 0.1) is 0 Å². The molecule has 0 radical (unpaired) electrons. The van der Waals surface area contributed by atoms with E-state index in [0.29, 0.717) is 11.2 Å². The molecule has 1 N–H and O–H groups in total. The maximum Gasteiger partial charge on any atom is 0.134 e. The van der Waals surface area contributed by atoms with Crippen LogP contribution in [0.25, 0.3) is 10.9 Å². The van der Waals surface area contributed by atoms with Crippen LogP contribution in [-0.4, -0.2) is 16.8 Å². The molecule has 0 aliphatic heterocycles. The molecule has 0 bridgehead atoms. The second-order valence-electron chi connectivity index (χ2n) is 3.70. The summed E-state index contributed by atoms with van der Waals surface area (Å²) in [5, 5.41) is 9.21. The van der Waals surface area contributed by atoms with Gasteiger partial charge in [0.2, 0.25) is 0 Å². The van der Waals surface area contributed by atoms with Crippen LogP contribution in [0.15, 0.2) is 18.2 Å². The number of nitrogens with one attached hydrogen (secondary N) is 1. The summed E-state index contributed by atoms with van der Waals surface area (Å²) >= 11 is 6.14. The SMILES string of the molecule is CNC(C)c1ccc2nn(C)c(Cl)c2c1. The molecule has 0 fully saturated rings. The van der Waals surface area contributed by atoms with E-state index in [0.717, 1.165) is 10.9 Å². The first kappa shape index (κ1) is 10.5. The Morgan fingerprint density at radius 3 is 2.87 bits per heavy atom. The van der Waals surface area contributed by atoms with Crippen LogP contribution >= 0.6 is 11.6 Å². The van der Waals surface area contributed by atoms with E-state index in [1.165, 1.54) is 5.56 Å². The molecule has 0 spiro atoms. The van der Waals surface area contributed by atoms with Gasteiger partial charge in [0.15, 0.2) is 0 Å². The van der Waals surface area contributed by atoms with Gasteiger partial charge in [-0.05, 0) is 31.7 Å². The summed E-state index contributed by atoms with van der Waals surface area (Å²) in [6.07, 6.45) is 0. The summed E-state index contributed by atoms with van der Waals surface area (Å²) in [6, 6.07) is 6.49. The normalized spacial score (nSPS) is 13.3. The number of hydrogen-bond acceptors (Lipinski definition) is 2. The number of benzene rings is 1. The molecule has 0 amide bonds. The smallest absolute Gasteiger partial charge is 0.134 e. The number of fused-ring (bicyclic) bond motifs is 1. The van der Waals surface area contributed by atoms with E-state index in [2.05, 4.69) is 29.5 Å². The molecule has 0 aliphatic rings. The van der Waals surface area contributed by atoms with Gasteiger partial charge in [0.25, 0.3) is 0 Å². The molecule has 1 atom stereocenters. The average molecular weight is 224 g/mol. The van der Waals surface area contributed by atoms with Crippen molar-refractivity contribution in [1.29, 1.82) is 0 Å². The van der Waals surface area contributed by atoms with Crippen molar-refractivity contribution in [2.45, 2.75) is 13.0 Å². The highest BCUT2D eigenvalue weighted by molar-refractivity contribution is 6.34. The first-order valence-corrected chi connectivity index (χ1v) is 5.30. The van der Waals surface area contributed by atoms with Crippen molar-refractivity contribution in [3.63, 3.8) is 0 Å². The van der Waals surface area contributed by atoms with Crippen molar-refractivity contribution in [2.75, 3.05) is 7.05 Å². The number of nitrogens with zero attached hydrogens (tertiary/aromatic N) is 2. The standard InChI is InChI=1S/C11H14ClN3/c1-7(13-2)8-4-5-10-9(6-8)11(12)15(3)14-10/h4-7,13H,1-3H3. The fourth-order valence-corrected chi connectivity index (χ4v) is 1.81. The van der Waals surface area contributed by atoms with E-state index < -0.39 is 0 Å². The molecule has 0 saturated carbocycles. The van der Waals surface area contributed by atoms with Crippen molar-refractivity contribution in [3.8, 4) is 0 Å². The van der Waals surface area contributed by atoms with E-state index in [9.17, 15) is 0 Å². The van der Waals surface area contributed by atoms with Crippen LogP contribution in [0.4, 0.5) is 0 Å². The Balaban J connectivity index is 2.59. The lowest BCUT2D eigenvalue weighted by Crippen LogP contribution is -2.11. The molecular formula is C11H14ClN3. The molecule has 2 aromatic rings. The topological polar surface area (TPSA) is 29.9 Å². The zero-order chi connectivity index (χ0) is 11.0. The third kappa shape index (κ3) is 1.73. The highest BCUT2D eigenvalue weighted by Crippen LogP contribution is 2.25. The first-order chi connectivity index (χ1) is 7.13. The lowest BCUT2D eigenvalue weighted by atomic mass is 10.1. The zero-order valence-electron chi connectivity index (χ0n) is 9.08. The van der Waals surface area contributed by atoms with Gasteiger partial charge in [-0.3, -0.25) is 4.68 Å². The maximum atomic E-state index is 6.14. The lowest BCUT2D eigenvalue weighted by molar-refractivity contribution is 0.653. The largest absolute Gasteiger partial charge is 0.313 e. The maximum absolute atomic E-state index is 6.14. The Bertz CT molecular complexity index is 490. The summed E-state index contributed by atoms with van der Waals surface area (Å²) < 4.78 is 1.69. The van der Waals surface area contributed by atoms with Crippen molar-refractivity contribution in [2.24, 2.45) is 7.05 Å². The fourth-order valence-electron chi connectivity index (χ4n) is 1.62. The number of aryl methyl sites for hydroxylation is 1. The van der Waals surface area contributed by atoms with E-state index in [1.807, 2.05) is 20.2 Å². The van der Waals surface area contributed by atoms with Crippen molar-refractivity contribution in [3.05, 3.63) is 28.9 Å². The fraction of sp³-hybridized carbons (Fsp3) is 0.364. The van der Waals surface area contributed by atoms with Crippen molar-refractivity contribution >= 4 is 22.5 Å². The summed E-state index contributed by atoms with van der Waals surface area (Å²) in [6.45, 7) is 2.12. The van der Waals surface area contributed by atoms with Gasteiger partial charge in [-0.25, -0.2) is 0 Å². The molecule has 1 heterocycles. The van der Waals surface area contributed by atoms with Gasteiger partial charge in [0, 0.05) is 18.5 Å². The van der Waals surface area contributed by atoms with Crippen LogP contribution in [0.1, 0.15) is 18.5 Å². The minimum Gasteiger partial charge on any atom is -0.313 e. The molecule has 2 rings (SSSR count). The van der Waals surface area contributed by atoms with Gasteiger partial charge in [0.1, 0.15) is 5.15 Å². The van der Waals surface area contributed by atoms with Gasteiger partial charge in [-0.1, -0.05) is 17.7 Å². The third-order valence-corrected chi connectivity index (χ3v) is 3.17. The minimum absolute atomic E-state index is 0.325. The molecule has 4 heteroatoms. The monoisotopic (exact) mass is 223 g/mol. The zero-order valence-corrected chi connectivity index (χ0v) is 9.84. The van der Waals surface area contributed by atoms with E-state index in [4.69, 9.17) is 11.6 Å². The highest BCUT2D eigenvalue weighted by Gasteiger charge is 2.09. The van der Waals surface area contributed by atoms with Crippen LogP contribution in [0.5, 0.6) is 0 Å². The van der Waals surface area contributed by atoms with Gasteiger partial charge in [-0.2, -0.15) is 5.10 Å². The Kier molecular flexibility index (Phi) is 2.67. The molecule has 1 aromatic heterocycles. The van der Waals surface area contributed by atoms with Crippen LogP contribution in [0.2, 0.25) is 5.15 Å². The van der Waals surface area contributed by atoms with E-state index in [1.54, 1.807) is 4.68 Å². The predicted octanol–water partition coefficient (Wildman–Crippen LogP) is 2.51. The number of halogens is 1. The number of aromatic nitrogens is 2. The van der Waals surface area contributed by atoms with Gasteiger partial charge >= 0.3 is 0 Å². The molecule has 80 valence electrons.